The molecule has 0 spiro atoms. The first-order valence-electron chi connectivity index (χ1n) is 8.61. The van der Waals surface area contributed by atoms with Crippen LogP contribution in [0.25, 0.3) is 0 Å². The van der Waals surface area contributed by atoms with Crippen molar-refractivity contribution in [3.05, 3.63) is 35.4 Å². The van der Waals surface area contributed by atoms with E-state index in [4.69, 9.17) is 5.11 Å². The highest BCUT2D eigenvalue weighted by Gasteiger charge is 2.27. The first-order chi connectivity index (χ1) is 11.3. The molecule has 1 aromatic rings. The molecule has 0 radical (unpaired) electrons. The molecule has 0 atom stereocenters. The maximum Gasteiger partial charge on any atom is 0.253 e. The fourth-order valence-electron chi connectivity index (χ4n) is 2.96. The van der Waals surface area contributed by atoms with Gasteiger partial charge in [0.15, 0.2) is 0 Å². The summed E-state index contributed by atoms with van der Waals surface area (Å²) in [6.45, 7) is 7.88. The number of hydrogen-bond acceptors (Lipinski definition) is 3. The Morgan fingerprint density at radius 3 is 2.25 bits per heavy atom. The summed E-state index contributed by atoms with van der Waals surface area (Å²) >= 11 is 0. The van der Waals surface area contributed by atoms with Crippen molar-refractivity contribution in [2.24, 2.45) is 5.92 Å². The van der Waals surface area contributed by atoms with Crippen molar-refractivity contribution in [3.8, 4) is 0 Å². The number of aliphatic hydroxyl groups excluding tert-OH is 1. The van der Waals surface area contributed by atoms with E-state index in [9.17, 15) is 9.59 Å². The molecular formula is C19H28N2O3. The fraction of sp³-hybridized carbons (Fsp3) is 0.579. The van der Waals surface area contributed by atoms with E-state index < -0.39 is 0 Å². The molecule has 0 saturated carbocycles. The molecule has 1 aliphatic rings. The number of aliphatic hydroxyl groups is 1. The molecular weight excluding hydrogens is 304 g/mol. The van der Waals surface area contributed by atoms with Gasteiger partial charge in [-0.25, -0.2) is 0 Å². The van der Waals surface area contributed by atoms with Gasteiger partial charge in [-0.2, -0.15) is 0 Å². The van der Waals surface area contributed by atoms with E-state index in [1.54, 1.807) is 0 Å². The molecule has 2 N–H and O–H groups in total. The zero-order valence-electron chi connectivity index (χ0n) is 14.8. The van der Waals surface area contributed by atoms with Gasteiger partial charge in [0.25, 0.3) is 5.91 Å². The predicted molar refractivity (Wildman–Crippen MR) is 93.9 cm³/mol. The third kappa shape index (κ3) is 4.57. The van der Waals surface area contributed by atoms with Gasteiger partial charge in [-0.15, -0.1) is 0 Å². The first kappa shape index (κ1) is 18.5. The Morgan fingerprint density at radius 2 is 1.75 bits per heavy atom. The zero-order chi connectivity index (χ0) is 17.7. The maximum atomic E-state index is 12.6. The van der Waals surface area contributed by atoms with Gasteiger partial charge < -0.3 is 15.3 Å². The molecule has 0 unspecified atom stereocenters. The minimum Gasteiger partial charge on any atom is -0.395 e. The van der Waals surface area contributed by atoms with E-state index in [1.165, 1.54) is 5.56 Å². The quantitative estimate of drug-likeness (QED) is 0.885. The van der Waals surface area contributed by atoms with Crippen molar-refractivity contribution in [2.45, 2.75) is 39.0 Å². The molecule has 0 bridgehead atoms. The molecule has 2 rings (SSSR count). The SMILES string of the molecule is CC(C)(C)c1ccc(C(=O)N2CCC(C(=O)NCCO)CC2)cc1. The largest absolute Gasteiger partial charge is 0.395 e. The lowest BCUT2D eigenvalue weighted by atomic mass is 9.86. The van der Waals surface area contributed by atoms with Gasteiger partial charge in [0.05, 0.1) is 6.61 Å². The average Bonchev–Trinajstić information content (AvgIpc) is 2.58. The summed E-state index contributed by atoms with van der Waals surface area (Å²) in [5, 5.41) is 11.5. The summed E-state index contributed by atoms with van der Waals surface area (Å²) in [6.07, 6.45) is 1.34. The Labute approximate surface area is 144 Å². The molecule has 24 heavy (non-hydrogen) atoms. The molecule has 1 aromatic carbocycles. The lowest BCUT2D eigenvalue weighted by Gasteiger charge is -2.31. The standard InChI is InChI=1S/C19H28N2O3/c1-19(2,3)16-6-4-15(5-7-16)18(24)21-11-8-14(9-12-21)17(23)20-10-13-22/h4-7,14,22H,8-13H2,1-3H3,(H,20,23). The van der Waals surface area contributed by atoms with Crippen LogP contribution in [0.3, 0.4) is 0 Å². The number of carbonyl (C=O) groups is 2. The van der Waals surface area contributed by atoms with E-state index in [0.717, 1.165) is 0 Å². The molecule has 132 valence electrons. The first-order valence-corrected chi connectivity index (χ1v) is 8.61. The zero-order valence-corrected chi connectivity index (χ0v) is 14.8. The van der Waals surface area contributed by atoms with E-state index in [1.807, 2.05) is 29.2 Å². The highest BCUT2D eigenvalue weighted by Crippen LogP contribution is 2.24. The van der Waals surface area contributed by atoms with Crippen LogP contribution in [0.4, 0.5) is 0 Å². The third-order valence-corrected chi connectivity index (χ3v) is 4.56. The number of amides is 2. The van der Waals surface area contributed by atoms with Gasteiger partial charge in [-0.05, 0) is 36.0 Å². The Balaban J connectivity index is 1.92. The highest BCUT2D eigenvalue weighted by molar-refractivity contribution is 5.94. The number of likely N-dealkylation sites (tertiary alicyclic amines) is 1. The summed E-state index contributed by atoms with van der Waals surface area (Å²) in [7, 11) is 0. The minimum atomic E-state index is -0.0659. The van der Waals surface area contributed by atoms with Crippen LogP contribution in [0.1, 0.15) is 49.5 Å². The van der Waals surface area contributed by atoms with Crippen molar-refractivity contribution >= 4 is 11.8 Å². The monoisotopic (exact) mass is 332 g/mol. The summed E-state index contributed by atoms with van der Waals surface area (Å²) in [4.78, 5) is 26.3. The number of nitrogens with zero attached hydrogens (tertiary/aromatic N) is 1. The van der Waals surface area contributed by atoms with E-state index >= 15 is 0 Å². The molecule has 1 saturated heterocycles. The molecule has 1 aliphatic heterocycles. The van der Waals surface area contributed by atoms with Crippen LogP contribution in [0.5, 0.6) is 0 Å². The second-order valence-corrected chi connectivity index (χ2v) is 7.41. The molecule has 1 fully saturated rings. The van der Waals surface area contributed by atoms with Gasteiger partial charge in [0.1, 0.15) is 0 Å². The number of hydrogen-bond donors (Lipinski definition) is 2. The van der Waals surface area contributed by atoms with Gasteiger partial charge in [-0.3, -0.25) is 9.59 Å². The Bertz CT molecular complexity index is 567. The summed E-state index contributed by atoms with van der Waals surface area (Å²) in [5.74, 6) is -0.0563. The minimum absolute atomic E-state index is 0.0225. The second kappa shape index (κ2) is 7.79. The molecule has 5 nitrogen and oxygen atoms in total. The Morgan fingerprint density at radius 1 is 1.17 bits per heavy atom. The number of piperidine rings is 1. The van der Waals surface area contributed by atoms with Crippen LogP contribution in [0.2, 0.25) is 0 Å². The highest BCUT2D eigenvalue weighted by atomic mass is 16.3. The number of carbonyl (C=O) groups excluding carboxylic acids is 2. The molecule has 5 heteroatoms. The van der Waals surface area contributed by atoms with Crippen LogP contribution in [-0.2, 0) is 10.2 Å². The average molecular weight is 332 g/mol. The normalized spacial score (nSPS) is 16.1. The van der Waals surface area contributed by atoms with Gasteiger partial charge >= 0.3 is 0 Å². The smallest absolute Gasteiger partial charge is 0.253 e. The van der Waals surface area contributed by atoms with E-state index in [-0.39, 0.29) is 36.3 Å². The molecule has 2 amide bonds. The second-order valence-electron chi connectivity index (χ2n) is 7.41. The van der Waals surface area contributed by atoms with Crippen molar-refractivity contribution in [2.75, 3.05) is 26.2 Å². The summed E-state index contributed by atoms with van der Waals surface area (Å²) in [5.41, 5.74) is 1.98. The third-order valence-electron chi connectivity index (χ3n) is 4.56. The predicted octanol–water partition coefficient (Wildman–Crippen LogP) is 1.94. The van der Waals surface area contributed by atoms with Crippen LogP contribution in [0.15, 0.2) is 24.3 Å². The van der Waals surface area contributed by atoms with Crippen molar-refractivity contribution in [1.82, 2.24) is 10.2 Å². The Kier molecular flexibility index (Phi) is 5.99. The van der Waals surface area contributed by atoms with Crippen molar-refractivity contribution < 1.29 is 14.7 Å². The van der Waals surface area contributed by atoms with E-state index in [2.05, 4.69) is 26.1 Å². The summed E-state index contributed by atoms with van der Waals surface area (Å²) < 4.78 is 0. The van der Waals surface area contributed by atoms with Gasteiger partial charge in [-0.1, -0.05) is 32.9 Å². The number of nitrogens with one attached hydrogen (secondary N) is 1. The molecule has 0 aliphatic carbocycles. The summed E-state index contributed by atoms with van der Waals surface area (Å²) in [6, 6.07) is 7.82. The van der Waals surface area contributed by atoms with Crippen LogP contribution < -0.4 is 5.32 Å². The van der Waals surface area contributed by atoms with Crippen molar-refractivity contribution in [3.63, 3.8) is 0 Å². The van der Waals surface area contributed by atoms with Crippen LogP contribution in [-0.4, -0.2) is 48.1 Å². The topological polar surface area (TPSA) is 69.6 Å². The van der Waals surface area contributed by atoms with Crippen LogP contribution in [0, 0.1) is 5.92 Å². The van der Waals surface area contributed by atoms with E-state index in [0.29, 0.717) is 31.5 Å². The lowest BCUT2D eigenvalue weighted by Crippen LogP contribution is -2.43. The number of benzene rings is 1. The molecule has 0 aromatic heterocycles. The lowest BCUT2D eigenvalue weighted by molar-refractivity contribution is -0.126. The molecule has 1 heterocycles. The number of rotatable bonds is 4. The maximum absolute atomic E-state index is 12.6. The van der Waals surface area contributed by atoms with Crippen LogP contribution >= 0.6 is 0 Å². The van der Waals surface area contributed by atoms with Crippen molar-refractivity contribution in [1.29, 1.82) is 0 Å². The van der Waals surface area contributed by atoms with Gasteiger partial charge in [0, 0.05) is 31.1 Å². The Hall–Kier alpha value is -1.88. The fourth-order valence-corrected chi connectivity index (χ4v) is 2.96. The van der Waals surface area contributed by atoms with Gasteiger partial charge in [0.2, 0.25) is 5.91 Å².